The molecule has 3 heterocycles. The molecule has 3 nitrogen and oxygen atoms in total. The Balaban J connectivity index is 2.06. The smallest absolute Gasteiger partial charge is 0.214 e. The largest absolute Gasteiger partial charge is 0.302 e. The fourth-order valence-electron chi connectivity index (χ4n) is 3.90. The Morgan fingerprint density at radius 2 is 1.83 bits per heavy atom. The first-order valence-corrected chi connectivity index (χ1v) is 8.29. The number of hydrogen-bond acceptors (Lipinski definition) is 1. The molecule has 0 aliphatic carbocycles. The van der Waals surface area contributed by atoms with Crippen LogP contribution in [0.25, 0.3) is 39.3 Å². The lowest BCUT2D eigenvalue weighted by Gasteiger charge is -2.11. The molecule has 2 aromatic heterocycles. The van der Waals surface area contributed by atoms with Gasteiger partial charge >= 0.3 is 0 Å². The third-order valence-electron chi connectivity index (χ3n) is 5.05. The van der Waals surface area contributed by atoms with Gasteiger partial charge in [-0.25, -0.2) is 9.55 Å². The molecule has 116 valence electrons. The van der Waals surface area contributed by atoms with Crippen molar-refractivity contribution in [2.75, 3.05) is 0 Å². The van der Waals surface area contributed by atoms with Gasteiger partial charge in [-0.3, -0.25) is 0 Å². The van der Waals surface area contributed by atoms with Crippen LogP contribution in [0.4, 0.5) is 0 Å². The van der Waals surface area contributed by atoms with Crippen LogP contribution >= 0.6 is 0 Å². The van der Waals surface area contributed by atoms with Crippen LogP contribution in [-0.2, 0) is 13.5 Å². The predicted octanol–water partition coefficient (Wildman–Crippen LogP) is 4.02. The number of benzene rings is 2. The monoisotopic (exact) mass is 312 g/mol. The van der Waals surface area contributed by atoms with Crippen molar-refractivity contribution in [1.29, 1.82) is 0 Å². The first kappa shape index (κ1) is 13.5. The molecule has 3 heteroatoms. The molecular formula is C21H18N3+. The minimum absolute atomic E-state index is 0.905. The van der Waals surface area contributed by atoms with Crippen molar-refractivity contribution in [3.05, 3.63) is 66.1 Å². The Kier molecular flexibility index (Phi) is 2.69. The second kappa shape index (κ2) is 4.78. The zero-order valence-electron chi connectivity index (χ0n) is 13.8. The standard InChI is InChI=1S/C21H18N3/c1-14-15-8-3-4-9-16(15)20-21(24-13-7-11-18(24)22-20)19(14)17-10-5-6-12-23(17)2/h3-10,12-13H,11H2,1-2H3/q+1. The molecule has 0 saturated carbocycles. The highest BCUT2D eigenvalue weighted by Gasteiger charge is 2.24. The van der Waals surface area contributed by atoms with E-state index in [2.05, 4.69) is 84.0 Å². The van der Waals surface area contributed by atoms with E-state index >= 15 is 0 Å². The van der Waals surface area contributed by atoms with Gasteiger partial charge in [-0.1, -0.05) is 30.3 Å². The maximum absolute atomic E-state index is 4.97. The second-order valence-electron chi connectivity index (χ2n) is 6.43. The number of fused-ring (bicyclic) bond motifs is 5. The van der Waals surface area contributed by atoms with E-state index in [1.54, 1.807) is 0 Å². The van der Waals surface area contributed by atoms with Crippen molar-refractivity contribution < 1.29 is 4.57 Å². The van der Waals surface area contributed by atoms with E-state index in [0.29, 0.717) is 0 Å². The summed E-state index contributed by atoms with van der Waals surface area (Å²) in [5.74, 6) is 1.13. The van der Waals surface area contributed by atoms with Crippen LogP contribution in [-0.4, -0.2) is 9.55 Å². The summed E-state index contributed by atoms with van der Waals surface area (Å²) in [6.07, 6.45) is 7.35. The second-order valence-corrected chi connectivity index (χ2v) is 6.43. The van der Waals surface area contributed by atoms with E-state index in [0.717, 1.165) is 17.8 Å². The fourth-order valence-corrected chi connectivity index (χ4v) is 3.90. The molecule has 1 aliphatic heterocycles. The topological polar surface area (TPSA) is 21.7 Å². The summed E-state index contributed by atoms with van der Waals surface area (Å²) in [5.41, 5.74) is 6.12. The van der Waals surface area contributed by atoms with Crippen molar-refractivity contribution in [1.82, 2.24) is 9.55 Å². The molecule has 2 aromatic carbocycles. The molecule has 0 amide bonds. The summed E-state index contributed by atoms with van der Waals surface area (Å²) < 4.78 is 4.45. The molecule has 0 N–H and O–H groups in total. The van der Waals surface area contributed by atoms with Crippen LogP contribution in [0.1, 0.15) is 11.4 Å². The van der Waals surface area contributed by atoms with E-state index in [-0.39, 0.29) is 0 Å². The highest BCUT2D eigenvalue weighted by Crippen LogP contribution is 2.38. The quantitative estimate of drug-likeness (QED) is 0.487. The minimum Gasteiger partial charge on any atom is -0.302 e. The number of rotatable bonds is 1. The maximum Gasteiger partial charge on any atom is 0.214 e. The van der Waals surface area contributed by atoms with Crippen LogP contribution in [0.15, 0.2) is 54.7 Å². The van der Waals surface area contributed by atoms with E-state index in [1.807, 2.05) is 0 Å². The molecule has 0 bridgehead atoms. The summed E-state index contributed by atoms with van der Waals surface area (Å²) in [4.78, 5) is 4.97. The van der Waals surface area contributed by atoms with Gasteiger partial charge in [0.05, 0.1) is 16.6 Å². The van der Waals surface area contributed by atoms with Crippen LogP contribution in [0.2, 0.25) is 0 Å². The number of imidazole rings is 1. The molecule has 0 unspecified atom stereocenters. The molecule has 0 saturated heterocycles. The van der Waals surface area contributed by atoms with Crippen molar-refractivity contribution in [3.63, 3.8) is 0 Å². The Hall–Kier alpha value is -2.94. The van der Waals surface area contributed by atoms with Crippen molar-refractivity contribution in [2.45, 2.75) is 13.3 Å². The first-order chi connectivity index (χ1) is 11.8. The molecule has 5 rings (SSSR count). The van der Waals surface area contributed by atoms with Gasteiger partial charge in [-0.2, -0.15) is 0 Å². The molecule has 24 heavy (non-hydrogen) atoms. The Labute approximate surface area is 140 Å². The maximum atomic E-state index is 4.97. The van der Waals surface area contributed by atoms with E-state index < -0.39 is 0 Å². The summed E-state index contributed by atoms with van der Waals surface area (Å²) >= 11 is 0. The SMILES string of the molecule is Cc1c(-c2cccc[n+]2C)c2c(nc3n2C=CC3)c2ccccc12. The van der Waals surface area contributed by atoms with Gasteiger partial charge in [0.15, 0.2) is 6.20 Å². The van der Waals surface area contributed by atoms with Gasteiger partial charge in [-0.05, 0) is 23.9 Å². The summed E-state index contributed by atoms with van der Waals surface area (Å²) in [6, 6.07) is 15.0. The fraction of sp³-hybridized carbons (Fsp3) is 0.143. The van der Waals surface area contributed by atoms with E-state index in [4.69, 9.17) is 4.98 Å². The van der Waals surface area contributed by atoms with Crippen molar-refractivity contribution in [3.8, 4) is 11.3 Å². The lowest BCUT2D eigenvalue weighted by molar-refractivity contribution is -0.660. The number of aryl methyl sites for hydroxylation is 2. The number of hydrogen-bond donors (Lipinski definition) is 0. The zero-order valence-corrected chi connectivity index (χ0v) is 13.8. The summed E-state index contributed by atoms with van der Waals surface area (Å²) in [5, 5.41) is 2.52. The highest BCUT2D eigenvalue weighted by molar-refractivity contribution is 6.13. The number of allylic oxidation sites excluding steroid dienone is 1. The number of nitrogens with zero attached hydrogens (tertiary/aromatic N) is 3. The van der Waals surface area contributed by atoms with Crippen LogP contribution in [0.5, 0.6) is 0 Å². The van der Waals surface area contributed by atoms with Gasteiger partial charge in [-0.15, -0.1) is 0 Å². The lowest BCUT2D eigenvalue weighted by atomic mass is 9.95. The van der Waals surface area contributed by atoms with Crippen molar-refractivity contribution in [2.24, 2.45) is 7.05 Å². The Morgan fingerprint density at radius 1 is 1.04 bits per heavy atom. The molecule has 1 aliphatic rings. The van der Waals surface area contributed by atoms with Crippen LogP contribution in [0.3, 0.4) is 0 Å². The van der Waals surface area contributed by atoms with Gasteiger partial charge < -0.3 is 4.57 Å². The third kappa shape index (κ3) is 1.67. The summed E-state index contributed by atoms with van der Waals surface area (Å²) in [6.45, 7) is 2.22. The van der Waals surface area contributed by atoms with Gasteiger partial charge in [0.25, 0.3) is 0 Å². The third-order valence-corrected chi connectivity index (χ3v) is 5.05. The average Bonchev–Trinajstić information content (AvgIpc) is 3.18. The van der Waals surface area contributed by atoms with Gasteiger partial charge in [0.2, 0.25) is 5.69 Å². The van der Waals surface area contributed by atoms with Crippen LogP contribution in [0, 0.1) is 6.92 Å². The normalized spacial score (nSPS) is 13.1. The minimum atomic E-state index is 0.905. The Bertz CT molecular complexity index is 1150. The first-order valence-electron chi connectivity index (χ1n) is 8.29. The summed E-state index contributed by atoms with van der Waals surface area (Å²) in [7, 11) is 2.10. The van der Waals surface area contributed by atoms with Gasteiger partial charge in [0, 0.05) is 30.1 Å². The molecule has 0 atom stereocenters. The number of aromatic nitrogens is 3. The molecule has 4 aromatic rings. The van der Waals surface area contributed by atoms with Gasteiger partial charge in [0.1, 0.15) is 12.9 Å². The predicted molar refractivity (Wildman–Crippen MR) is 97.6 cm³/mol. The average molecular weight is 312 g/mol. The van der Waals surface area contributed by atoms with Crippen molar-refractivity contribution >= 4 is 28.0 Å². The lowest BCUT2D eigenvalue weighted by Crippen LogP contribution is -2.30. The molecular weight excluding hydrogens is 294 g/mol. The molecule has 0 spiro atoms. The van der Waals surface area contributed by atoms with E-state index in [1.165, 1.54) is 33.1 Å². The highest BCUT2D eigenvalue weighted by atomic mass is 15.1. The van der Waals surface area contributed by atoms with E-state index in [9.17, 15) is 0 Å². The molecule has 0 fully saturated rings. The zero-order chi connectivity index (χ0) is 16.3. The molecule has 0 radical (unpaired) electrons. The van der Waals surface area contributed by atoms with Crippen LogP contribution < -0.4 is 4.57 Å². The number of pyridine rings is 1. The Morgan fingerprint density at radius 3 is 2.67 bits per heavy atom.